The molecule has 1 heterocycles. The highest BCUT2D eigenvalue weighted by Crippen LogP contribution is 2.52. The Balaban J connectivity index is 0.00000156. The van der Waals surface area contributed by atoms with Crippen molar-refractivity contribution >= 4 is 12.4 Å². The van der Waals surface area contributed by atoms with Gasteiger partial charge in [-0.2, -0.15) is 0 Å². The van der Waals surface area contributed by atoms with Crippen LogP contribution >= 0.6 is 12.4 Å². The molecule has 4 rings (SSSR count). The summed E-state index contributed by atoms with van der Waals surface area (Å²) in [4.78, 5) is 0. The van der Waals surface area contributed by atoms with Gasteiger partial charge < -0.3 is 10.1 Å². The summed E-state index contributed by atoms with van der Waals surface area (Å²) in [6, 6.07) is 20.1. The summed E-state index contributed by atoms with van der Waals surface area (Å²) >= 11 is 0. The average molecular weight is 330 g/mol. The zero-order valence-electron chi connectivity index (χ0n) is 13.5. The summed E-state index contributed by atoms with van der Waals surface area (Å²) in [5.74, 6) is 0. The van der Waals surface area contributed by atoms with E-state index in [-0.39, 0.29) is 24.1 Å². The van der Waals surface area contributed by atoms with Gasteiger partial charge in [-0.1, -0.05) is 54.6 Å². The van der Waals surface area contributed by atoms with Crippen LogP contribution in [0.3, 0.4) is 0 Å². The highest BCUT2D eigenvalue weighted by Gasteiger charge is 2.46. The van der Waals surface area contributed by atoms with Crippen LogP contribution in [0.25, 0.3) is 0 Å². The number of benzene rings is 2. The Bertz CT molecular complexity index is 650. The number of nitrogens with one attached hydrogen (secondary N) is 1. The highest BCUT2D eigenvalue weighted by atomic mass is 35.5. The molecule has 1 saturated carbocycles. The summed E-state index contributed by atoms with van der Waals surface area (Å²) in [6.07, 6.45) is 4.68. The van der Waals surface area contributed by atoms with Crippen LogP contribution in [0.15, 0.2) is 54.6 Å². The maximum Gasteiger partial charge on any atom is 0.109 e. The smallest absolute Gasteiger partial charge is 0.109 e. The Labute approximate surface area is 144 Å². The van der Waals surface area contributed by atoms with Gasteiger partial charge in [-0.25, -0.2) is 0 Å². The zero-order chi connectivity index (χ0) is 15.0. The molecule has 1 aliphatic heterocycles. The molecular formula is C20H24ClNO. The summed E-state index contributed by atoms with van der Waals surface area (Å²) in [5, 5.41) is 3.42. The van der Waals surface area contributed by atoms with Crippen LogP contribution in [0.4, 0.5) is 0 Å². The Morgan fingerprint density at radius 2 is 1.61 bits per heavy atom. The molecule has 2 aromatic carbocycles. The first-order valence-electron chi connectivity index (χ1n) is 8.32. The number of hydrogen-bond acceptors (Lipinski definition) is 2. The second-order valence-corrected chi connectivity index (χ2v) is 6.55. The normalized spacial score (nSPS) is 29.1. The lowest BCUT2D eigenvalue weighted by Crippen LogP contribution is -2.38. The van der Waals surface area contributed by atoms with Gasteiger partial charge in [0, 0.05) is 6.04 Å². The fourth-order valence-corrected chi connectivity index (χ4v) is 4.13. The molecule has 1 spiro atoms. The van der Waals surface area contributed by atoms with Crippen LogP contribution in [0.2, 0.25) is 0 Å². The highest BCUT2D eigenvalue weighted by molar-refractivity contribution is 5.85. The number of fused-ring (bicyclic) bond motifs is 2. The van der Waals surface area contributed by atoms with Crippen LogP contribution in [0.5, 0.6) is 0 Å². The summed E-state index contributed by atoms with van der Waals surface area (Å²) < 4.78 is 6.71. The van der Waals surface area contributed by atoms with Crippen molar-refractivity contribution in [2.75, 3.05) is 7.05 Å². The fraction of sp³-hybridized carbons (Fsp3) is 0.400. The Morgan fingerprint density at radius 1 is 0.957 bits per heavy atom. The monoisotopic (exact) mass is 329 g/mol. The van der Waals surface area contributed by atoms with Gasteiger partial charge in [0.05, 0.1) is 5.60 Å². The van der Waals surface area contributed by atoms with Crippen LogP contribution < -0.4 is 5.32 Å². The molecule has 3 heteroatoms. The Morgan fingerprint density at radius 3 is 2.30 bits per heavy atom. The number of rotatable bonds is 2. The van der Waals surface area contributed by atoms with Gasteiger partial charge in [0.1, 0.15) is 6.10 Å². The first-order chi connectivity index (χ1) is 10.8. The van der Waals surface area contributed by atoms with Crippen molar-refractivity contribution in [1.82, 2.24) is 5.32 Å². The van der Waals surface area contributed by atoms with Crippen molar-refractivity contribution in [3.63, 3.8) is 0 Å². The molecule has 2 aliphatic rings. The molecule has 122 valence electrons. The molecule has 23 heavy (non-hydrogen) atoms. The van der Waals surface area contributed by atoms with Crippen molar-refractivity contribution < 1.29 is 4.74 Å². The largest absolute Gasteiger partial charge is 0.358 e. The predicted octanol–water partition coefficient (Wildman–Crippen LogP) is 4.59. The molecule has 0 aromatic heterocycles. The maximum absolute atomic E-state index is 6.71. The Hall–Kier alpha value is -1.35. The summed E-state index contributed by atoms with van der Waals surface area (Å²) in [7, 11) is 2.07. The molecule has 0 saturated heterocycles. The summed E-state index contributed by atoms with van der Waals surface area (Å²) in [6.45, 7) is 0. The standard InChI is InChI=1S/C20H23NO.ClH/c1-21-16-11-13-20(14-12-16)18-10-6-5-9-17(18)19(22-20)15-7-3-2-4-8-15;/h2-10,16,19,21H,11-14H2,1H3;1H. The number of ether oxygens (including phenoxy) is 1. The SMILES string of the molecule is CNC1CCC2(CC1)OC(c1ccccc1)c1ccccc12.Cl. The predicted molar refractivity (Wildman–Crippen MR) is 96.1 cm³/mol. The van der Waals surface area contributed by atoms with Crippen molar-refractivity contribution in [2.24, 2.45) is 0 Å². The van der Waals surface area contributed by atoms with Gasteiger partial charge in [0.25, 0.3) is 0 Å². The lowest BCUT2D eigenvalue weighted by molar-refractivity contribution is -0.0878. The first kappa shape index (κ1) is 16.5. The van der Waals surface area contributed by atoms with Gasteiger partial charge in [-0.05, 0) is 49.4 Å². The lowest BCUT2D eigenvalue weighted by Gasteiger charge is -2.37. The van der Waals surface area contributed by atoms with E-state index < -0.39 is 0 Å². The van der Waals surface area contributed by atoms with Crippen molar-refractivity contribution in [3.8, 4) is 0 Å². The van der Waals surface area contributed by atoms with E-state index >= 15 is 0 Å². The third-order valence-electron chi connectivity index (χ3n) is 5.38. The minimum atomic E-state index is -0.0789. The minimum absolute atomic E-state index is 0. The van der Waals surface area contributed by atoms with Crippen LogP contribution in [0, 0.1) is 0 Å². The van der Waals surface area contributed by atoms with E-state index in [2.05, 4.69) is 67.0 Å². The second-order valence-electron chi connectivity index (χ2n) is 6.55. The van der Waals surface area contributed by atoms with Crippen LogP contribution in [-0.2, 0) is 10.3 Å². The lowest BCUT2D eigenvalue weighted by atomic mass is 9.77. The Kier molecular flexibility index (Phi) is 4.77. The van der Waals surface area contributed by atoms with Gasteiger partial charge in [-0.15, -0.1) is 12.4 Å². The molecule has 2 aromatic rings. The third-order valence-corrected chi connectivity index (χ3v) is 5.38. The molecule has 1 N–H and O–H groups in total. The third kappa shape index (κ3) is 2.80. The molecule has 1 atom stereocenters. The van der Waals surface area contributed by atoms with Crippen molar-refractivity contribution in [3.05, 3.63) is 71.3 Å². The van der Waals surface area contributed by atoms with Crippen LogP contribution in [-0.4, -0.2) is 13.1 Å². The zero-order valence-corrected chi connectivity index (χ0v) is 14.3. The van der Waals surface area contributed by atoms with Gasteiger partial charge >= 0.3 is 0 Å². The van der Waals surface area contributed by atoms with E-state index in [1.807, 2.05) is 0 Å². The van der Waals surface area contributed by atoms with E-state index in [9.17, 15) is 0 Å². The fourth-order valence-electron chi connectivity index (χ4n) is 4.13. The van der Waals surface area contributed by atoms with Gasteiger partial charge in [0.2, 0.25) is 0 Å². The van der Waals surface area contributed by atoms with Crippen molar-refractivity contribution in [1.29, 1.82) is 0 Å². The number of halogens is 1. The molecule has 1 fully saturated rings. The maximum atomic E-state index is 6.71. The van der Waals surface area contributed by atoms with E-state index in [1.54, 1.807) is 0 Å². The molecule has 0 bridgehead atoms. The quantitative estimate of drug-likeness (QED) is 0.870. The molecular weight excluding hydrogens is 306 g/mol. The second kappa shape index (κ2) is 6.64. The molecule has 0 radical (unpaired) electrons. The first-order valence-corrected chi connectivity index (χ1v) is 8.32. The van der Waals surface area contributed by atoms with E-state index in [4.69, 9.17) is 4.74 Å². The van der Waals surface area contributed by atoms with E-state index in [0.29, 0.717) is 6.04 Å². The van der Waals surface area contributed by atoms with Gasteiger partial charge in [0.15, 0.2) is 0 Å². The topological polar surface area (TPSA) is 21.3 Å². The average Bonchev–Trinajstić information content (AvgIpc) is 2.91. The van der Waals surface area contributed by atoms with Crippen molar-refractivity contribution in [2.45, 2.75) is 43.4 Å². The van der Waals surface area contributed by atoms with E-state index in [0.717, 1.165) is 12.8 Å². The van der Waals surface area contributed by atoms with Gasteiger partial charge in [-0.3, -0.25) is 0 Å². The summed E-state index contributed by atoms with van der Waals surface area (Å²) in [5.41, 5.74) is 3.96. The molecule has 2 nitrogen and oxygen atoms in total. The molecule has 0 amide bonds. The van der Waals surface area contributed by atoms with Crippen LogP contribution in [0.1, 0.15) is 48.5 Å². The van der Waals surface area contributed by atoms with E-state index in [1.165, 1.54) is 29.5 Å². The molecule has 1 aliphatic carbocycles. The molecule has 1 unspecified atom stereocenters. The minimum Gasteiger partial charge on any atom is -0.358 e. The number of hydrogen-bond donors (Lipinski definition) is 1.